The highest BCUT2D eigenvalue weighted by Gasteiger charge is 2.42. The van der Waals surface area contributed by atoms with Crippen LogP contribution in [0.1, 0.15) is 5.56 Å². The van der Waals surface area contributed by atoms with Crippen LogP contribution >= 0.6 is 0 Å². The quantitative estimate of drug-likeness (QED) is 0.492. The van der Waals surface area contributed by atoms with Gasteiger partial charge in [-0.15, -0.1) is 0 Å². The summed E-state index contributed by atoms with van der Waals surface area (Å²) in [5.41, 5.74) is 5.72. The molecular weight excluding hydrogens is 253 g/mol. The molecule has 0 saturated carbocycles. The molecule has 96 valence electrons. The van der Waals surface area contributed by atoms with Gasteiger partial charge in [0.2, 0.25) is 0 Å². The molecule has 0 amide bonds. The molecule has 0 spiro atoms. The summed E-state index contributed by atoms with van der Waals surface area (Å²) in [4.78, 5) is 24.9. The van der Waals surface area contributed by atoms with Crippen LogP contribution in [0.3, 0.4) is 0 Å². The molecule has 0 aliphatic carbocycles. The normalized spacial score (nSPS) is 11.5. The van der Waals surface area contributed by atoms with Crippen molar-refractivity contribution in [3.8, 4) is 0 Å². The van der Waals surface area contributed by atoms with Crippen LogP contribution in [-0.2, 0) is 14.3 Å². The zero-order valence-corrected chi connectivity index (χ0v) is 8.77. The number of carbonyl (C=O) groups excluding carboxylic acids is 2. The molecule has 0 bridgehead atoms. The number of halogens is 3. The maximum absolute atomic E-state index is 11.7. The summed E-state index contributed by atoms with van der Waals surface area (Å²) in [5, 5.41) is 0. The van der Waals surface area contributed by atoms with Gasteiger partial charge in [0.05, 0.1) is 0 Å². The number of ether oxygens (including phenoxy) is 1. The van der Waals surface area contributed by atoms with Crippen LogP contribution in [0, 0.1) is 0 Å². The maximum Gasteiger partial charge on any atom is 0.491 e. The Labute approximate surface area is 99.1 Å². The van der Waals surface area contributed by atoms with Crippen molar-refractivity contribution >= 4 is 23.8 Å². The number of hydrogen-bond acceptors (Lipinski definition) is 5. The summed E-state index contributed by atoms with van der Waals surface area (Å²) in [7, 11) is 0. The zero-order chi connectivity index (χ0) is 13.8. The topological polar surface area (TPSA) is 82.3 Å². The third kappa shape index (κ3) is 4.24. The van der Waals surface area contributed by atoms with Crippen molar-refractivity contribution in [3.05, 3.63) is 30.0 Å². The number of alkyl halides is 3. The first-order valence-electron chi connectivity index (χ1n) is 4.51. The fourth-order valence-corrected chi connectivity index (χ4v) is 0.863. The van der Waals surface area contributed by atoms with Gasteiger partial charge in [0.15, 0.2) is 0 Å². The van der Waals surface area contributed by atoms with Crippen molar-refractivity contribution in [2.24, 2.45) is 0 Å². The minimum atomic E-state index is -5.20. The molecule has 0 saturated heterocycles. The van der Waals surface area contributed by atoms with Gasteiger partial charge in [0, 0.05) is 12.3 Å². The first kappa shape index (κ1) is 13.7. The van der Waals surface area contributed by atoms with Crippen molar-refractivity contribution < 1.29 is 27.5 Å². The predicted octanol–water partition coefficient (Wildman–Crippen LogP) is 1.31. The summed E-state index contributed by atoms with van der Waals surface area (Å²) in [5.74, 6) is -3.73. The van der Waals surface area contributed by atoms with E-state index in [0.29, 0.717) is 11.6 Å². The van der Waals surface area contributed by atoms with E-state index >= 15 is 0 Å². The third-order valence-electron chi connectivity index (χ3n) is 1.65. The molecule has 0 atom stereocenters. The smallest absolute Gasteiger partial charge is 0.384 e. The zero-order valence-electron chi connectivity index (χ0n) is 8.77. The maximum atomic E-state index is 11.7. The highest BCUT2D eigenvalue weighted by atomic mass is 19.4. The van der Waals surface area contributed by atoms with Crippen molar-refractivity contribution in [2.75, 3.05) is 5.73 Å². The van der Waals surface area contributed by atoms with Crippen molar-refractivity contribution in [3.63, 3.8) is 0 Å². The average molecular weight is 260 g/mol. The van der Waals surface area contributed by atoms with E-state index in [9.17, 15) is 22.8 Å². The van der Waals surface area contributed by atoms with Gasteiger partial charge in [-0.1, -0.05) is 0 Å². The standard InChI is InChI=1S/C10H7F3N2O3/c11-10(12,13)9(17)18-8(16)4-2-6-1-3-7(14)15-5-6/h1-5H,(H2,14,15). The van der Waals surface area contributed by atoms with Gasteiger partial charge in [-0.25, -0.2) is 14.6 Å². The predicted molar refractivity (Wildman–Crippen MR) is 54.8 cm³/mol. The van der Waals surface area contributed by atoms with E-state index in [0.717, 1.165) is 6.08 Å². The van der Waals surface area contributed by atoms with E-state index in [1.54, 1.807) is 0 Å². The molecule has 0 aliphatic rings. The van der Waals surface area contributed by atoms with E-state index in [1.165, 1.54) is 18.3 Å². The number of hydrogen-bond donors (Lipinski definition) is 1. The average Bonchev–Trinajstić information content (AvgIpc) is 2.27. The Balaban J connectivity index is 2.60. The number of nitrogens with two attached hydrogens (primary N) is 1. The van der Waals surface area contributed by atoms with Gasteiger partial charge in [0.25, 0.3) is 0 Å². The lowest BCUT2D eigenvalue weighted by atomic mass is 10.2. The van der Waals surface area contributed by atoms with E-state index in [2.05, 4.69) is 9.72 Å². The Bertz CT molecular complexity index is 480. The van der Waals surface area contributed by atoms with Crippen LogP contribution < -0.4 is 5.73 Å². The number of aromatic nitrogens is 1. The largest absolute Gasteiger partial charge is 0.491 e. The van der Waals surface area contributed by atoms with Crippen LogP contribution in [0.4, 0.5) is 19.0 Å². The number of esters is 2. The summed E-state index contributed by atoms with van der Waals surface area (Å²) >= 11 is 0. The molecule has 8 heteroatoms. The molecule has 1 heterocycles. The van der Waals surface area contributed by atoms with Crippen molar-refractivity contribution in [1.29, 1.82) is 0 Å². The monoisotopic (exact) mass is 260 g/mol. The van der Waals surface area contributed by atoms with Crippen LogP contribution in [0.5, 0.6) is 0 Å². The van der Waals surface area contributed by atoms with E-state index < -0.39 is 18.1 Å². The Morgan fingerprint density at radius 1 is 1.33 bits per heavy atom. The number of nitrogen functional groups attached to an aromatic ring is 1. The molecule has 5 nitrogen and oxygen atoms in total. The van der Waals surface area contributed by atoms with Crippen LogP contribution in [-0.4, -0.2) is 23.1 Å². The van der Waals surface area contributed by atoms with E-state index in [-0.39, 0.29) is 5.82 Å². The number of carbonyl (C=O) groups is 2. The van der Waals surface area contributed by atoms with Crippen molar-refractivity contribution in [2.45, 2.75) is 6.18 Å². The molecule has 1 aromatic heterocycles. The Kier molecular flexibility index (Phi) is 4.03. The number of nitrogens with zero attached hydrogens (tertiary/aromatic N) is 1. The van der Waals surface area contributed by atoms with Gasteiger partial charge in [0.1, 0.15) is 5.82 Å². The van der Waals surface area contributed by atoms with Gasteiger partial charge in [-0.3, -0.25) is 0 Å². The molecule has 1 aromatic rings. The Morgan fingerprint density at radius 3 is 2.50 bits per heavy atom. The number of anilines is 1. The summed E-state index contributed by atoms with van der Waals surface area (Å²) in [6, 6.07) is 2.92. The minimum absolute atomic E-state index is 0.252. The Hall–Kier alpha value is -2.38. The summed E-state index contributed by atoms with van der Waals surface area (Å²) < 4.78 is 38.8. The lowest BCUT2D eigenvalue weighted by Crippen LogP contribution is -2.27. The molecule has 18 heavy (non-hydrogen) atoms. The van der Waals surface area contributed by atoms with E-state index in [4.69, 9.17) is 5.73 Å². The van der Waals surface area contributed by atoms with Gasteiger partial charge in [-0.2, -0.15) is 13.2 Å². The second kappa shape index (κ2) is 5.30. The van der Waals surface area contributed by atoms with Gasteiger partial charge >= 0.3 is 18.1 Å². The highest BCUT2D eigenvalue weighted by molar-refractivity contribution is 5.96. The lowest BCUT2D eigenvalue weighted by molar-refractivity contribution is -0.200. The molecule has 0 aromatic carbocycles. The number of pyridine rings is 1. The summed E-state index contributed by atoms with van der Waals surface area (Å²) in [6.07, 6.45) is -2.09. The molecule has 1 rings (SSSR count). The highest BCUT2D eigenvalue weighted by Crippen LogP contribution is 2.16. The second-order valence-corrected chi connectivity index (χ2v) is 3.06. The molecular formula is C10H7F3N2O3. The fraction of sp³-hybridized carbons (Fsp3) is 0.100. The minimum Gasteiger partial charge on any atom is -0.384 e. The molecule has 0 unspecified atom stereocenters. The van der Waals surface area contributed by atoms with Crippen LogP contribution in [0.15, 0.2) is 24.4 Å². The summed E-state index contributed by atoms with van der Waals surface area (Å²) in [6.45, 7) is 0. The molecule has 0 fully saturated rings. The first-order valence-corrected chi connectivity index (χ1v) is 4.51. The Morgan fingerprint density at radius 2 is 2.00 bits per heavy atom. The van der Waals surface area contributed by atoms with Crippen LogP contribution in [0.25, 0.3) is 6.08 Å². The third-order valence-corrected chi connectivity index (χ3v) is 1.65. The van der Waals surface area contributed by atoms with Gasteiger partial charge < -0.3 is 10.5 Å². The van der Waals surface area contributed by atoms with E-state index in [1.807, 2.05) is 0 Å². The number of rotatable bonds is 2. The molecule has 0 aliphatic heterocycles. The fourth-order valence-electron chi connectivity index (χ4n) is 0.863. The lowest BCUT2D eigenvalue weighted by Gasteiger charge is -2.02. The SMILES string of the molecule is Nc1ccc(C=CC(=O)OC(=O)C(F)(F)F)cn1. The molecule has 0 radical (unpaired) electrons. The van der Waals surface area contributed by atoms with Crippen molar-refractivity contribution in [1.82, 2.24) is 4.98 Å². The first-order chi connectivity index (χ1) is 8.29. The molecule has 2 N–H and O–H groups in total. The van der Waals surface area contributed by atoms with Crippen LogP contribution in [0.2, 0.25) is 0 Å². The van der Waals surface area contributed by atoms with Gasteiger partial charge in [-0.05, 0) is 23.8 Å². The second-order valence-electron chi connectivity index (χ2n) is 3.06.